The number of ketones is 1. The molecule has 0 bridgehead atoms. The van der Waals surface area contributed by atoms with E-state index in [-0.39, 0.29) is 5.78 Å². The Labute approximate surface area is 127 Å². The molecule has 2 aromatic carbocycles. The minimum absolute atomic E-state index is 0.194. The first kappa shape index (κ1) is 13.5. The summed E-state index contributed by atoms with van der Waals surface area (Å²) in [5.41, 5.74) is 2.75. The number of Topliss-reactive ketones (excluding diaryl/α,β-unsaturated/α-hetero) is 1. The van der Waals surface area contributed by atoms with E-state index in [1.807, 2.05) is 24.3 Å². The molecule has 0 unspecified atom stereocenters. The van der Waals surface area contributed by atoms with Gasteiger partial charge in [-0.2, -0.15) is 0 Å². The number of hydrogen-bond acceptors (Lipinski definition) is 2. The Bertz CT molecular complexity index is 680. The number of carbonyl (C=O) groups is 1. The van der Waals surface area contributed by atoms with Crippen molar-refractivity contribution in [2.24, 2.45) is 0 Å². The molecule has 0 radical (unpaired) electrons. The highest BCUT2D eigenvalue weighted by Gasteiger charge is 2.22. The van der Waals surface area contributed by atoms with Crippen LogP contribution in [0.3, 0.4) is 0 Å². The van der Waals surface area contributed by atoms with Crippen LogP contribution in [0.4, 0.5) is 0 Å². The van der Waals surface area contributed by atoms with Gasteiger partial charge in [0.15, 0.2) is 5.78 Å². The minimum Gasteiger partial charge on any atom is -0.489 e. The van der Waals surface area contributed by atoms with Gasteiger partial charge in [-0.3, -0.25) is 4.79 Å². The summed E-state index contributed by atoms with van der Waals surface area (Å²) in [5, 5.41) is 1.04. The lowest BCUT2D eigenvalue weighted by molar-refractivity contribution is 0.0994. The Morgan fingerprint density at radius 2 is 1.90 bits per heavy atom. The molecule has 0 saturated carbocycles. The highest BCUT2D eigenvalue weighted by atomic mass is 35.5. The third-order valence-corrected chi connectivity index (χ3v) is 4.15. The molecule has 102 valence electrons. The van der Waals surface area contributed by atoms with Crippen LogP contribution in [-0.2, 0) is 13.0 Å². The summed E-state index contributed by atoms with van der Waals surface area (Å²) in [6.45, 7) is 0.404. The van der Waals surface area contributed by atoms with Crippen LogP contribution in [0.2, 0.25) is 10.0 Å². The third kappa shape index (κ3) is 2.54. The molecule has 0 heterocycles. The molecular weight excluding hydrogens is 295 g/mol. The van der Waals surface area contributed by atoms with Crippen molar-refractivity contribution in [3.8, 4) is 5.75 Å². The molecule has 0 aromatic heterocycles. The van der Waals surface area contributed by atoms with Gasteiger partial charge in [0, 0.05) is 17.5 Å². The molecule has 20 heavy (non-hydrogen) atoms. The normalized spacial score (nSPS) is 13.4. The molecule has 0 aliphatic heterocycles. The SMILES string of the molecule is O=C1CCc2c(OCc3ccc(Cl)c(Cl)c3)cccc21. The van der Waals surface area contributed by atoms with Crippen LogP contribution in [0.15, 0.2) is 36.4 Å². The number of hydrogen-bond donors (Lipinski definition) is 0. The van der Waals surface area contributed by atoms with E-state index in [9.17, 15) is 4.79 Å². The van der Waals surface area contributed by atoms with Gasteiger partial charge in [0.2, 0.25) is 0 Å². The van der Waals surface area contributed by atoms with Crippen molar-refractivity contribution >= 4 is 29.0 Å². The quantitative estimate of drug-likeness (QED) is 0.821. The van der Waals surface area contributed by atoms with Crippen LogP contribution in [0, 0.1) is 0 Å². The van der Waals surface area contributed by atoms with Crippen molar-refractivity contribution < 1.29 is 9.53 Å². The zero-order chi connectivity index (χ0) is 14.1. The molecule has 2 aromatic rings. The van der Waals surface area contributed by atoms with Gasteiger partial charge in [0.1, 0.15) is 12.4 Å². The van der Waals surface area contributed by atoms with Gasteiger partial charge in [0.25, 0.3) is 0 Å². The summed E-state index contributed by atoms with van der Waals surface area (Å²) in [6, 6.07) is 11.0. The number of carbonyl (C=O) groups excluding carboxylic acids is 1. The molecule has 3 rings (SSSR count). The Hall–Kier alpha value is -1.51. The summed E-state index contributed by atoms with van der Waals surface area (Å²) in [5.74, 6) is 0.972. The fourth-order valence-electron chi connectivity index (χ4n) is 2.38. The average Bonchev–Trinajstić information content (AvgIpc) is 2.83. The fourth-order valence-corrected chi connectivity index (χ4v) is 2.70. The number of benzene rings is 2. The first-order valence-electron chi connectivity index (χ1n) is 6.37. The summed E-state index contributed by atoms with van der Waals surface area (Å²) in [4.78, 5) is 11.7. The highest BCUT2D eigenvalue weighted by Crippen LogP contribution is 2.31. The second kappa shape index (κ2) is 5.47. The van der Waals surface area contributed by atoms with Crippen molar-refractivity contribution in [2.75, 3.05) is 0 Å². The predicted octanol–water partition coefficient (Wildman–Crippen LogP) is 4.70. The largest absolute Gasteiger partial charge is 0.489 e. The molecule has 2 nitrogen and oxygen atoms in total. The molecule has 0 saturated heterocycles. The Kier molecular flexibility index (Phi) is 3.68. The van der Waals surface area contributed by atoms with Gasteiger partial charge in [-0.25, -0.2) is 0 Å². The van der Waals surface area contributed by atoms with Crippen LogP contribution in [0.5, 0.6) is 5.75 Å². The number of fused-ring (bicyclic) bond motifs is 1. The fraction of sp³-hybridized carbons (Fsp3) is 0.188. The molecule has 4 heteroatoms. The van der Waals surface area contributed by atoms with Crippen molar-refractivity contribution in [2.45, 2.75) is 19.4 Å². The Morgan fingerprint density at radius 1 is 1.05 bits per heavy atom. The minimum atomic E-state index is 0.194. The van der Waals surface area contributed by atoms with Crippen LogP contribution < -0.4 is 4.74 Å². The number of halogens is 2. The van der Waals surface area contributed by atoms with Gasteiger partial charge in [-0.15, -0.1) is 0 Å². The number of rotatable bonds is 3. The second-order valence-electron chi connectivity index (χ2n) is 4.74. The zero-order valence-corrected chi connectivity index (χ0v) is 12.2. The third-order valence-electron chi connectivity index (χ3n) is 3.41. The monoisotopic (exact) mass is 306 g/mol. The summed E-state index contributed by atoms with van der Waals surface area (Å²) in [7, 11) is 0. The van der Waals surface area contributed by atoms with Crippen LogP contribution in [0.1, 0.15) is 27.9 Å². The second-order valence-corrected chi connectivity index (χ2v) is 5.56. The molecule has 1 aliphatic carbocycles. The van der Waals surface area contributed by atoms with Crippen LogP contribution in [-0.4, -0.2) is 5.78 Å². The standard InChI is InChI=1S/C16H12Cl2O2/c17-13-6-4-10(8-14(13)18)9-20-16-3-1-2-11-12(16)5-7-15(11)19/h1-4,6,8H,5,7,9H2. The lowest BCUT2D eigenvalue weighted by atomic mass is 10.1. The Morgan fingerprint density at radius 3 is 2.70 bits per heavy atom. The van der Waals surface area contributed by atoms with Gasteiger partial charge < -0.3 is 4.74 Å². The van der Waals surface area contributed by atoms with Crippen molar-refractivity contribution in [3.63, 3.8) is 0 Å². The van der Waals surface area contributed by atoms with Crippen molar-refractivity contribution in [1.82, 2.24) is 0 Å². The van der Waals surface area contributed by atoms with E-state index in [0.29, 0.717) is 23.1 Å². The van der Waals surface area contributed by atoms with Crippen LogP contribution >= 0.6 is 23.2 Å². The summed E-state index contributed by atoms with van der Waals surface area (Å²) >= 11 is 11.9. The average molecular weight is 307 g/mol. The predicted molar refractivity (Wildman–Crippen MR) is 79.9 cm³/mol. The first-order valence-corrected chi connectivity index (χ1v) is 7.12. The first-order chi connectivity index (χ1) is 9.65. The summed E-state index contributed by atoms with van der Waals surface area (Å²) < 4.78 is 5.82. The van der Waals surface area contributed by atoms with Gasteiger partial charge in [0.05, 0.1) is 10.0 Å². The van der Waals surface area contributed by atoms with E-state index in [1.165, 1.54) is 0 Å². The number of ether oxygens (including phenoxy) is 1. The highest BCUT2D eigenvalue weighted by molar-refractivity contribution is 6.42. The van der Waals surface area contributed by atoms with Gasteiger partial charge in [-0.1, -0.05) is 41.4 Å². The van der Waals surface area contributed by atoms with E-state index >= 15 is 0 Å². The Balaban J connectivity index is 1.79. The maximum atomic E-state index is 11.7. The zero-order valence-electron chi connectivity index (χ0n) is 10.7. The molecular formula is C16H12Cl2O2. The maximum absolute atomic E-state index is 11.7. The van der Waals surface area contributed by atoms with Crippen LogP contribution in [0.25, 0.3) is 0 Å². The van der Waals surface area contributed by atoms with E-state index in [1.54, 1.807) is 12.1 Å². The molecule has 0 fully saturated rings. The van der Waals surface area contributed by atoms with Gasteiger partial charge >= 0.3 is 0 Å². The van der Waals surface area contributed by atoms with Crippen molar-refractivity contribution in [1.29, 1.82) is 0 Å². The molecule has 0 spiro atoms. The molecule has 0 amide bonds. The lowest BCUT2D eigenvalue weighted by Crippen LogP contribution is -1.99. The van der Waals surface area contributed by atoms with E-state index < -0.39 is 0 Å². The molecule has 0 N–H and O–H groups in total. The summed E-state index contributed by atoms with van der Waals surface area (Å²) in [6.07, 6.45) is 1.33. The maximum Gasteiger partial charge on any atom is 0.163 e. The molecule has 1 aliphatic rings. The topological polar surface area (TPSA) is 26.3 Å². The molecule has 0 atom stereocenters. The van der Waals surface area contributed by atoms with E-state index in [2.05, 4.69) is 0 Å². The lowest BCUT2D eigenvalue weighted by Gasteiger charge is -2.10. The van der Waals surface area contributed by atoms with E-state index in [0.717, 1.165) is 28.9 Å². The van der Waals surface area contributed by atoms with Gasteiger partial charge in [-0.05, 0) is 30.2 Å². The smallest absolute Gasteiger partial charge is 0.163 e. The van der Waals surface area contributed by atoms with E-state index in [4.69, 9.17) is 27.9 Å². The van der Waals surface area contributed by atoms with Crippen molar-refractivity contribution in [3.05, 3.63) is 63.1 Å².